The van der Waals surface area contributed by atoms with Gasteiger partial charge in [-0.1, -0.05) is 56.2 Å². The maximum atomic E-state index is 10.4. The minimum atomic E-state index is -0.700. The first-order chi connectivity index (χ1) is 14.6. The summed E-state index contributed by atoms with van der Waals surface area (Å²) in [6.07, 6.45) is 5.94. The first-order valence-electron chi connectivity index (χ1n) is 11.1. The molecule has 2 atom stereocenters. The number of rotatable bonds is 15. The van der Waals surface area contributed by atoms with Crippen LogP contribution in [0.1, 0.15) is 61.8 Å². The van der Waals surface area contributed by atoms with Crippen LogP contribution in [-0.2, 0) is 17.8 Å². The van der Waals surface area contributed by atoms with E-state index >= 15 is 0 Å². The van der Waals surface area contributed by atoms with Crippen molar-refractivity contribution in [3.63, 3.8) is 0 Å². The van der Waals surface area contributed by atoms with Crippen LogP contribution in [0.4, 0.5) is 0 Å². The third-order valence-electron chi connectivity index (χ3n) is 5.30. The first kappa shape index (κ1) is 24.4. The molecule has 0 radical (unpaired) electrons. The lowest BCUT2D eigenvalue weighted by atomic mass is 10.1. The van der Waals surface area contributed by atoms with E-state index in [1.165, 1.54) is 11.6 Å². The van der Waals surface area contributed by atoms with Gasteiger partial charge in [0.25, 0.3) is 0 Å². The van der Waals surface area contributed by atoms with E-state index in [-0.39, 0.29) is 18.5 Å². The number of aliphatic hydroxyl groups is 2. The summed E-state index contributed by atoms with van der Waals surface area (Å²) in [5, 5.41) is 32.6. The third kappa shape index (κ3) is 8.84. The summed E-state index contributed by atoms with van der Waals surface area (Å²) in [4.78, 5) is 0. The fourth-order valence-corrected chi connectivity index (χ4v) is 3.44. The maximum Gasteiger partial charge on any atom is 0.121 e. The predicted octanol–water partition coefficient (Wildman–Crippen LogP) is 4.11. The molecular weight excluding hydrogens is 378 g/mol. The van der Waals surface area contributed by atoms with E-state index in [1.807, 2.05) is 6.07 Å². The molecule has 2 unspecified atom stereocenters. The van der Waals surface area contributed by atoms with Crippen molar-refractivity contribution in [3.8, 4) is 5.75 Å². The summed E-state index contributed by atoms with van der Waals surface area (Å²) in [5.74, 6) is 0.0432. The number of hydrogen-bond donors (Lipinski definition) is 4. The molecule has 5 heteroatoms. The van der Waals surface area contributed by atoms with Crippen molar-refractivity contribution in [2.45, 2.75) is 64.3 Å². The highest BCUT2D eigenvalue weighted by Crippen LogP contribution is 2.22. The summed E-state index contributed by atoms with van der Waals surface area (Å²) in [7, 11) is 0. The number of phenols is 1. The molecular formula is C25H37NO4. The average Bonchev–Trinajstić information content (AvgIpc) is 2.77. The number of unbranched alkanes of at least 4 members (excludes halogenated alkanes) is 2. The third-order valence-corrected chi connectivity index (χ3v) is 5.30. The van der Waals surface area contributed by atoms with Gasteiger partial charge in [-0.15, -0.1) is 0 Å². The molecule has 2 aromatic carbocycles. The van der Waals surface area contributed by atoms with Gasteiger partial charge in [0.15, 0.2) is 0 Å². The standard InChI is InChI=1S/C25H37NO4/c1-2-3-12-23(30-15-8-7-11-20-9-5-4-6-10-20)17-26-18-25(29)21-13-14-24(28)22(16-21)19-27/h4-6,9-10,13-14,16,23,25-29H,2-3,7-8,11-12,15,17-19H2,1H3. The van der Waals surface area contributed by atoms with E-state index in [0.29, 0.717) is 24.2 Å². The number of aromatic hydroxyl groups is 1. The Kier molecular flexibility index (Phi) is 11.5. The van der Waals surface area contributed by atoms with Crippen molar-refractivity contribution in [2.24, 2.45) is 0 Å². The number of benzene rings is 2. The number of hydrogen-bond acceptors (Lipinski definition) is 5. The summed E-state index contributed by atoms with van der Waals surface area (Å²) in [6, 6.07) is 15.4. The minimum absolute atomic E-state index is 0.0432. The molecule has 2 rings (SSSR count). The second-order valence-corrected chi connectivity index (χ2v) is 7.80. The van der Waals surface area contributed by atoms with Crippen molar-refractivity contribution in [1.29, 1.82) is 0 Å². The van der Waals surface area contributed by atoms with Gasteiger partial charge >= 0.3 is 0 Å². The van der Waals surface area contributed by atoms with Gasteiger partial charge in [-0.2, -0.15) is 0 Å². The van der Waals surface area contributed by atoms with Crippen LogP contribution in [0.15, 0.2) is 48.5 Å². The van der Waals surface area contributed by atoms with Crippen LogP contribution < -0.4 is 5.32 Å². The molecule has 30 heavy (non-hydrogen) atoms. The SMILES string of the molecule is CCCCC(CNCC(O)c1ccc(O)c(CO)c1)OCCCCc1ccccc1. The van der Waals surface area contributed by atoms with Crippen molar-refractivity contribution < 1.29 is 20.1 Å². The molecule has 0 saturated carbocycles. The number of aryl methyl sites for hydroxylation is 1. The van der Waals surface area contributed by atoms with Gasteiger partial charge in [0.1, 0.15) is 5.75 Å². The van der Waals surface area contributed by atoms with Gasteiger partial charge in [0, 0.05) is 25.3 Å². The lowest BCUT2D eigenvalue weighted by Gasteiger charge is -2.20. The average molecular weight is 416 g/mol. The monoisotopic (exact) mass is 415 g/mol. The van der Waals surface area contributed by atoms with Crippen LogP contribution in [-0.4, -0.2) is 41.1 Å². The molecule has 0 aliphatic heterocycles. The van der Waals surface area contributed by atoms with E-state index in [9.17, 15) is 15.3 Å². The Hall–Kier alpha value is -1.92. The molecule has 0 aromatic heterocycles. The summed E-state index contributed by atoms with van der Waals surface area (Å²) in [6.45, 7) is 3.77. The number of nitrogens with one attached hydrogen (secondary N) is 1. The Morgan fingerprint density at radius 3 is 2.53 bits per heavy atom. The van der Waals surface area contributed by atoms with Gasteiger partial charge in [0.2, 0.25) is 0 Å². The fourth-order valence-electron chi connectivity index (χ4n) is 3.44. The van der Waals surface area contributed by atoms with Crippen LogP contribution >= 0.6 is 0 Å². The highest BCUT2D eigenvalue weighted by atomic mass is 16.5. The van der Waals surface area contributed by atoms with E-state index in [1.54, 1.807) is 12.1 Å². The van der Waals surface area contributed by atoms with Crippen LogP contribution in [0, 0.1) is 0 Å². The minimum Gasteiger partial charge on any atom is -0.508 e. The van der Waals surface area contributed by atoms with Gasteiger partial charge in [-0.25, -0.2) is 0 Å². The van der Waals surface area contributed by atoms with E-state index in [4.69, 9.17) is 4.74 Å². The zero-order valence-electron chi connectivity index (χ0n) is 18.1. The van der Waals surface area contributed by atoms with Gasteiger partial charge in [0.05, 0.1) is 18.8 Å². The molecule has 0 amide bonds. The first-order valence-corrected chi connectivity index (χ1v) is 11.1. The van der Waals surface area contributed by atoms with Crippen molar-refractivity contribution in [3.05, 3.63) is 65.2 Å². The Labute approximate surface area is 180 Å². The molecule has 0 saturated heterocycles. The topological polar surface area (TPSA) is 82.0 Å². The number of aliphatic hydroxyl groups excluding tert-OH is 2. The van der Waals surface area contributed by atoms with Crippen molar-refractivity contribution in [1.82, 2.24) is 5.32 Å². The molecule has 0 aliphatic carbocycles. The molecule has 166 valence electrons. The largest absolute Gasteiger partial charge is 0.508 e. The predicted molar refractivity (Wildman–Crippen MR) is 121 cm³/mol. The zero-order valence-corrected chi connectivity index (χ0v) is 18.1. The van der Waals surface area contributed by atoms with E-state index in [0.717, 1.165) is 45.1 Å². The van der Waals surface area contributed by atoms with Crippen LogP contribution in [0.5, 0.6) is 5.75 Å². The molecule has 2 aromatic rings. The molecule has 0 aliphatic rings. The van der Waals surface area contributed by atoms with E-state index in [2.05, 4.69) is 36.5 Å². The molecule has 0 heterocycles. The lowest BCUT2D eigenvalue weighted by Crippen LogP contribution is -2.32. The summed E-state index contributed by atoms with van der Waals surface area (Å²) in [5.41, 5.74) is 2.47. The Bertz CT molecular complexity index is 708. The molecule has 0 spiro atoms. The number of ether oxygens (including phenoxy) is 1. The van der Waals surface area contributed by atoms with E-state index < -0.39 is 6.10 Å². The smallest absolute Gasteiger partial charge is 0.121 e. The van der Waals surface area contributed by atoms with Crippen LogP contribution in [0.3, 0.4) is 0 Å². The molecule has 0 fully saturated rings. The second-order valence-electron chi connectivity index (χ2n) is 7.80. The molecule has 5 nitrogen and oxygen atoms in total. The summed E-state index contributed by atoms with van der Waals surface area (Å²) >= 11 is 0. The fraction of sp³-hybridized carbons (Fsp3) is 0.520. The van der Waals surface area contributed by atoms with Crippen LogP contribution in [0.2, 0.25) is 0 Å². The van der Waals surface area contributed by atoms with Crippen molar-refractivity contribution >= 4 is 0 Å². The Morgan fingerprint density at radius 1 is 1.00 bits per heavy atom. The normalized spacial score (nSPS) is 13.3. The second kappa shape index (κ2) is 14.1. The maximum absolute atomic E-state index is 10.4. The Balaban J connectivity index is 1.70. The molecule has 4 N–H and O–H groups in total. The van der Waals surface area contributed by atoms with Crippen LogP contribution in [0.25, 0.3) is 0 Å². The zero-order chi connectivity index (χ0) is 21.6. The lowest BCUT2D eigenvalue weighted by molar-refractivity contribution is 0.0413. The van der Waals surface area contributed by atoms with Gasteiger partial charge < -0.3 is 25.4 Å². The van der Waals surface area contributed by atoms with Gasteiger partial charge in [-0.05, 0) is 48.9 Å². The quantitative estimate of drug-likeness (QED) is 0.329. The highest BCUT2D eigenvalue weighted by Gasteiger charge is 2.13. The molecule has 0 bridgehead atoms. The van der Waals surface area contributed by atoms with Gasteiger partial charge in [-0.3, -0.25) is 0 Å². The summed E-state index contributed by atoms with van der Waals surface area (Å²) < 4.78 is 6.11. The Morgan fingerprint density at radius 2 is 1.80 bits per heavy atom. The highest BCUT2D eigenvalue weighted by molar-refractivity contribution is 5.36. The van der Waals surface area contributed by atoms with Crippen molar-refractivity contribution in [2.75, 3.05) is 19.7 Å².